The second-order valence-corrected chi connectivity index (χ2v) is 5.33. The topological polar surface area (TPSA) is 26.3 Å². The molecule has 18 heavy (non-hydrogen) atoms. The van der Waals surface area contributed by atoms with E-state index in [1.165, 1.54) is 0 Å². The lowest BCUT2D eigenvalue weighted by Gasteiger charge is -2.07. The quantitative estimate of drug-likeness (QED) is 0.746. The van der Waals surface area contributed by atoms with Crippen LogP contribution in [0.4, 0.5) is 0 Å². The molecule has 0 bridgehead atoms. The van der Waals surface area contributed by atoms with Crippen LogP contribution in [0.2, 0.25) is 0 Å². The van der Waals surface area contributed by atoms with Crippen molar-refractivity contribution in [2.75, 3.05) is 6.61 Å². The van der Waals surface area contributed by atoms with Crippen LogP contribution in [0, 0.1) is 12.8 Å². The summed E-state index contributed by atoms with van der Waals surface area (Å²) in [6, 6.07) is 7.56. The van der Waals surface area contributed by atoms with Gasteiger partial charge in [-0.3, -0.25) is 4.79 Å². The van der Waals surface area contributed by atoms with E-state index in [4.69, 9.17) is 4.74 Å². The van der Waals surface area contributed by atoms with Crippen LogP contribution in [0.5, 0.6) is 0 Å². The summed E-state index contributed by atoms with van der Waals surface area (Å²) in [4.78, 5) is 11.6. The molecule has 0 fully saturated rings. The molecule has 0 atom stereocenters. The van der Waals surface area contributed by atoms with Gasteiger partial charge in [0.2, 0.25) is 0 Å². The van der Waals surface area contributed by atoms with Crippen LogP contribution in [0.15, 0.2) is 24.3 Å². The summed E-state index contributed by atoms with van der Waals surface area (Å²) in [5.41, 5.74) is 1.76. The molecule has 0 aliphatic carbocycles. The summed E-state index contributed by atoms with van der Waals surface area (Å²) < 4.78 is 5.26. The van der Waals surface area contributed by atoms with Crippen LogP contribution >= 0.6 is 0 Å². The number of aryl methyl sites for hydroxylation is 1. The van der Waals surface area contributed by atoms with E-state index in [0.29, 0.717) is 0 Å². The van der Waals surface area contributed by atoms with Gasteiger partial charge in [0.25, 0.3) is 0 Å². The Bertz CT molecular complexity index is 351. The first-order chi connectivity index (χ1) is 8.34. The first-order valence-corrected chi connectivity index (χ1v) is 6.55. The maximum Gasteiger partial charge on any atom is 0.188 e. The van der Waals surface area contributed by atoms with E-state index in [9.17, 15) is 4.79 Å². The molecular formula is C16H26O2. The van der Waals surface area contributed by atoms with Gasteiger partial charge in [0.1, 0.15) is 6.61 Å². The van der Waals surface area contributed by atoms with Gasteiger partial charge in [-0.1, -0.05) is 45.0 Å². The molecule has 2 nitrogen and oxygen atoms in total. The van der Waals surface area contributed by atoms with Crippen LogP contribution in [-0.4, -0.2) is 18.5 Å². The average Bonchev–Trinajstić information content (AvgIpc) is 2.25. The van der Waals surface area contributed by atoms with Crippen LogP contribution in [-0.2, 0) is 4.74 Å². The summed E-state index contributed by atoms with van der Waals surface area (Å²) in [6.45, 7) is 12.4. The van der Waals surface area contributed by atoms with Gasteiger partial charge in [-0.15, -0.1) is 0 Å². The molecule has 0 unspecified atom stereocenters. The van der Waals surface area contributed by atoms with E-state index in [1.807, 2.05) is 45.0 Å². The lowest BCUT2D eigenvalue weighted by atomic mass is 10.1. The number of rotatable bonds is 4. The summed E-state index contributed by atoms with van der Waals surface area (Å²) in [5, 5.41) is 0. The zero-order valence-electron chi connectivity index (χ0n) is 12.5. The first-order valence-electron chi connectivity index (χ1n) is 6.55. The molecular weight excluding hydrogens is 224 g/mol. The van der Waals surface area contributed by atoms with Gasteiger partial charge in [-0.05, 0) is 32.3 Å². The number of hydrogen-bond acceptors (Lipinski definition) is 2. The normalized spacial score (nSPS) is 10.2. The second kappa shape index (κ2) is 8.87. The highest BCUT2D eigenvalue weighted by Gasteiger charge is 2.08. The van der Waals surface area contributed by atoms with Gasteiger partial charge in [-0.25, -0.2) is 0 Å². The van der Waals surface area contributed by atoms with Gasteiger partial charge in [0.15, 0.2) is 5.78 Å². The molecule has 1 aromatic rings. The molecule has 0 spiro atoms. The predicted molar refractivity (Wildman–Crippen MR) is 77.1 cm³/mol. The van der Waals surface area contributed by atoms with Crippen molar-refractivity contribution < 1.29 is 9.53 Å². The largest absolute Gasteiger partial charge is 0.371 e. The Kier molecular flexibility index (Phi) is 8.30. The summed E-state index contributed by atoms with van der Waals surface area (Å²) in [6.07, 6.45) is 0.1000. The maximum absolute atomic E-state index is 11.6. The van der Waals surface area contributed by atoms with E-state index in [0.717, 1.165) is 17.0 Å². The highest BCUT2D eigenvalue weighted by Crippen LogP contribution is 2.08. The minimum Gasteiger partial charge on any atom is -0.371 e. The van der Waals surface area contributed by atoms with Gasteiger partial charge >= 0.3 is 0 Å². The van der Waals surface area contributed by atoms with Crippen LogP contribution in [0.3, 0.4) is 0 Å². The van der Waals surface area contributed by atoms with Crippen molar-refractivity contribution in [3.63, 3.8) is 0 Å². The van der Waals surface area contributed by atoms with E-state index >= 15 is 0 Å². The molecule has 0 amide bonds. The molecule has 0 heterocycles. The third-order valence-electron chi connectivity index (χ3n) is 1.99. The Balaban J connectivity index is 0.000000631. The minimum absolute atomic E-state index is 0.0526. The Morgan fingerprint density at radius 2 is 1.61 bits per heavy atom. The fourth-order valence-electron chi connectivity index (χ4n) is 1.21. The van der Waals surface area contributed by atoms with Crippen molar-refractivity contribution in [2.45, 2.75) is 47.6 Å². The zero-order valence-corrected chi connectivity index (χ0v) is 12.5. The molecule has 0 aliphatic rings. The van der Waals surface area contributed by atoms with Gasteiger partial charge in [-0.2, -0.15) is 0 Å². The summed E-state index contributed by atoms with van der Waals surface area (Å²) >= 11 is 0. The highest BCUT2D eigenvalue weighted by atomic mass is 16.5. The number of hydrogen-bond donors (Lipinski definition) is 0. The van der Waals surface area contributed by atoms with Gasteiger partial charge in [0, 0.05) is 5.56 Å². The van der Waals surface area contributed by atoms with Crippen molar-refractivity contribution in [3.05, 3.63) is 35.4 Å². The minimum atomic E-state index is 0.0526. The second-order valence-electron chi connectivity index (χ2n) is 5.33. The van der Waals surface area contributed by atoms with Crippen molar-refractivity contribution in [3.8, 4) is 0 Å². The number of benzene rings is 1. The molecule has 102 valence electrons. The third-order valence-corrected chi connectivity index (χ3v) is 1.99. The van der Waals surface area contributed by atoms with E-state index < -0.39 is 0 Å². The summed E-state index contributed by atoms with van der Waals surface area (Å²) in [5.74, 6) is 0.886. The van der Waals surface area contributed by atoms with Crippen LogP contribution in [0.25, 0.3) is 0 Å². The standard InChI is InChI=1S/C12H16O2.C4H10/c1-9(2)14-8-12(13)11-7-5-4-6-10(11)3;1-4(2)3/h4-7,9H,8H2,1-3H3;4H,1-3H3. The Labute approximate surface area is 111 Å². The highest BCUT2D eigenvalue weighted by molar-refractivity contribution is 5.98. The van der Waals surface area contributed by atoms with Crippen molar-refractivity contribution in [2.24, 2.45) is 5.92 Å². The van der Waals surface area contributed by atoms with E-state index in [1.54, 1.807) is 0 Å². The lowest BCUT2D eigenvalue weighted by molar-refractivity contribution is 0.0584. The number of carbonyl (C=O) groups excluding carboxylic acids is 1. The fraction of sp³-hybridized carbons (Fsp3) is 0.562. The van der Waals surface area contributed by atoms with Crippen molar-refractivity contribution in [1.29, 1.82) is 0 Å². The molecule has 1 aromatic carbocycles. The van der Waals surface area contributed by atoms with E-state index in [-0.39, 0.29) is 18.5 Å². The molecule has 0 saturated heterocycles. The average molecular weight is 250 g/mol. The lowest BCUT2D eigenvalue weighted by Crippen LogP contribution is -2.14. The third kappa shape index (κ3) is 8.02. The monoisotopic (exact) mass is 250 g/mol. The van der Waals surface area contributed by atoms with Crippen LogP contribution in [0.1, 0.15) is 50.5 Å². The Morgan fingerprint density at radius 1 is 1.11 bits per heavy atom. The number of ether oxygens (including phenoxy) is 1. The molecule has 0 radical (unpaired) electrons. The van der Waals surface area contributed by atoms with Crippen LogP contribution < -0.4 is 0 Å². The molecule has 0 aliphatic heterocycles. The maximum atomic E-state index is 11.6. The Morgan fingerprint density at radius 3 is 2.06 bits per heavy atom. The predicted octanol–water partition coefficient (Wildman–Crippen LogP) is 4.27. The zero-order chi connectivity index (χ0) is 14.1. The van der Waals surface area contributed by atoms with E-state index in [2.05, 4.69) is 20.8 Å². The van der Waals surface area contributed by atoms with Crippen molar-refractivity contribution >= 4 is 5.78 Å². The molecule has 0 aromatic heterocycles. The smallest absolute Gasteiger partial charge is 0.188 e. The Hall–Kier alpha value is -1.15. The first kappa shape index (κ1) is 16.9. The number of Topliss-reactive ketones (excluding diaryl/α,β-unsaturated/α-hetero) is 1. The van der Waals surface area contributed by atoms with Gasteiger partial charge in [0.05, 0.1) is 6.10 Å². The van der Waals surface area contributed by atoms with Crippen molar-refractivity contribution in [1.82, 2.24) is 0 Å². The molecule has 0 saturated carbocycles. The summed E-state index contributed by atoms with van der Waals surface area (Å²) in [7, 11) is 0. The number of ketones is 1. The molecule has 2 heteroatoms. The molecule has 1 rings (SSSR count). The number of carbonyl (C=O) groups is 1. The fourth-order valence-corrected chi connectivity index (χ4v) is 1.21. The SMILES string of the molecule is CC(C)C.Cc1ccccc1C(=O)COC(C)C. The van der Waals surface area contributed by atoms with Gasteiger partial charge < -0.3 is 4.74 Å². The molecule has 0 N–H and O–H groups in total.